The van der Waals surface area contributed by atoms with Gasteiger partial charge < -0.3 is 20.3 Å². The monoisotopic (exact) mass is 285 g/mol. The summed E-state index contributed by atoms with van der Waals surface area (Å²) in [5, 5.41) is 6.97. The van der Waals surface area contributed by atoms with E-state index in [1.165, 1.54) is 19.3 Å². The summed E-state index contributed by atoms with van der Waals surface area (Å²) in [6.45, 7) is 9.49. The van der Waals surface area contributed by atoms with E-state index in [9.17, 15) is 4.79 Å². The molecule has 1 saturated heterocycles. The molecule has 5 heteroatoms. The van der Waals surface area contributed by atoms with Crippen molar-refractivity contribution in [2.24, 2.45) is 0 Å². The van der Waals surface area contributed by atoms with Crippen LogP contribution in [0.5, 0.6) is 0 Å². The normalized spacial score (nSPS) is 19.7. The van der Waals surface area contributed by atoms with Crippen molar-refractivity contribution in [1.82, 2.24) is 15.5 Å². The Balaban J connectivity index is 2.03. The van der Waals surface area contributed by atoms with Gasteiger partial charge in [0.25, 0.3) is 0 Å². The van der Waals surface area contributed by atoms with Gasteiger partial charge in [0.2, 0.25) is 0 Å². The third kappa shape index (κ3) is 7.70. The van der Waals surface area contributed by atoms with Crippen LogP contribution in [0.1, 0.15) is 46.5 Å². The van der Waals surface area contributed by atoms with E-state index in [1.807, 2.05) is 20.8 Å². The first kappa shape index (κ1) is 17.2. The lowest BCUT2D eigenvalue weighted by molar-refractivity contribution is 0.0297. The zero-order valence-corrected chi connectivity index (χ0v) is 13.5. The highest BCUT2D eigenvalue weighted by Gasteiger charge is 2.19. The Morgan fingerprint density at radius 3 is 2.75 bits per heavy atom. The van der Waals surface area contributed by atoms with Crippen LogP contribution in [0.4, 0.5) is 4.79 Å². The largest absolute Gasteiger partial charge is 0.444 e. The first-order chi connectivity index (χ1) is 9.38. The Labute approximate surface area is 123 Å². The van der Waals surface area contributed by atoms with Gasteiger partial charge in [0.05, 0.1) is 0 Å². The van der Waals surface area contributed by atoms with Crippen LogP contribution < -0.4 is 10.6 Å². The molecule has 0 aliphatic carbocycles. The predicted octanol–water partition coefficient (Wildman–Crippen LogP) is 1.98. The number of ether oxygens (including phenoxy) is 1. The molecule has 20 heavy (non-hydrogen) atoms. The van der Waals surface area contributed by atoms with Crippen molar-refractivity contribution in [3.63, 3.8) is 0 Å². The number of nitrogens with zero attached hydrogens (tertiary/aromatic N) is 1. The van der Waals surface area contributed by atoms with Crippen molar-refractivity contribution >= 4 is 6.09 Å². The molecule has 1 rings (SSSR count). The van der Waals surface area contributed by atoms with Gasteiger partial charge in [-0.1, -0.05) is 6.42 Å². The zero-order chi connectivity index (χ0) is 15.0. The molecule has 0 aromatic heterocycles. The Kier molecular flexibility index (Phi) is 7.30. The number of hydrogen-bond donors (Lipinski definition) is 2. The SMILES string of the molecule is CN(CCCNCC1CCCCN1)C(=O)OC(C)(C)C. The molecular formula is C15H31N3O2. The molecule has 0 spiro atoms. The summed E-state index contributed by atoms with van der Waals surface area (Å²) in [6.07, 6.45) is 4.61. The van der Waals surface area contributed by atoms with Crippen LogP contribution in [0.25, 0.3) is 0 Å². The molecule has 1 aliphatic rings. The molecule has 5 nitrogen and oxygen atoms in total. The lowest BCUT2D eigenvalue weighted by Crippen LogP contribution is -2.42. The van der Waals surface area contributed by atoms with E-state index >= 15 is 0 Å². The number of hydrogen-bond acceptors (Lipinski definition) is 4. The van der Waals surface area contributed by atoms with Crippen molar-refractivity contribution in [3.05, 3.63) is 0 Å². The van der Waals surface area contributed by atoms with Crippen LogP contribution in [0.3, 0.4) is 0 Å². The zero-order valence-electron chi connectivity index (χ0n) is 13.5. The van der Waals surface area contributed by atoms with E-state index in [2.05, 4.69) is 10.6 Å². The van der Waals surface area contributed by atoms with Crippen molar-refractivity contribution in [3.8, 4) is 0 Å². The highest BCUT2D eigenvalue weighted by molar-refractivity contribution is 5.67. The number of rotatable bonds is 6. The van der Waals surface area contributed by atoms with Crippen LogP contribution in [-0.4, -0.2) is 55.9 Å². The standard InChI is InChI=1S/C15H31N3O2/c1-15(2,3)20-14(19)18(4)11-7-9-16-12-13-8-5-6-10-17-13/h13,16-17H,5-12H2,1-4H3. The predicted molar refractivity (Wildman–Crippen MR) is 82.0 cm³/mol. The van der Waals surface area contributed by atoms with Gasteiger partial charge in [-0.15, -0.1) is 0 Å². The van der Waals surface area contributed by atoms with E-state index in [4.69, 9.17) is 4.74 Å². The molecule has 0 radical (unpaired) electrons. The van der Waals surface area contributed by atoms with Crippen LogP contribution in [0.2, 0.25) is 0 Å². The molecule has 1 aliphatic heterocycles. The third-order valence-electron chi connectivity index (χ3n) is 3.36. The molecule has 1 heterocycles. The van der Waals surface area contributed by atoms with E-state index < -0.39 is 5.60 Å². The highest BCUT2D eigenvalue weighted by atomic mass is 16.6. The second-order valence-corrected chi connectivity index (χ2v) is 6.61. The fourth-order valence-corrected chi connectivity index (χ4v) is 2.25. The Morgan fingerprint density at radius 1 is 1.40 bits per heavy atom. The molecule has 1 amide bonds. The van der Waals surface area contributed by atoms with Gasteiger partial charge in [-0.3, -0.25) is 0 Å². The van der Waals surface area contributed by atoms with Crippen LogP contribution in [0, 0.1) is 0 Å². The summed E-state index contributed by atoms with van der Waals surface area (Å²) >= 11 is 0. The number of carbonyl (C=O) groups excluding carboxylic acids is 1. The summed E-state index contributed by atoms with van der Waals surface area (Å²) in [4.78, 5) is 13.4. The Hall–Kier alpha value is -0.810. The van der Waals surface area contributed by atoms with E-state index in [1.54, 1.807) is 11.9 Å². The fraction of sp³-hybridized carbons (Fsp3) is 0.933. The van der Waals surface area contributed by atoms with Crippen LogP contribution in [-0.2, 0) is 4.74 Å². The van der Waals surface area contributed by atoms with Gasteiger partial charge >= 0.3 is 6.09 Å². The van der Waals surface area contributed by atoms with Crippen molar-refractivity contribution < 1.29 is 9.53 Å². The van der Waals surface area contributed by atoms with Crippen molar-refractivity contribution in [2.45, 2.75) is 58.1 Å². The number of nitrogens with one attached hydrogen (secondary N) is 2. The highest BCUT2D eigenvalue weighted by Crippen LogP contribution is 2.09. The Morgan fingerprint density at radius 2 is 2.15 bits per heavy atom. The first-order valence-corrected chi connectivity index (χ1v) is 7.77. The molecule has 1 atom stereocenters. The summed E-state index contributed by atoms with van der Waals surface area (Å²) in [6, 6.07) is 0.618. The number of carbonyl (C=O) groups is 1. The van der Waals surface area contributed by atoms with E-state index in [-0.39, 0.29) is 6.09 Å². The maximum atomic E-state index is 11.7. The minimum absolute atomic E-state index is 0.244. The number of amides is 1. The number of piperidine rings is 1. The van der Waals surface area contributed by atoms with Gasteiger partial charge in [-0.2, -0.15) is 0 Å². The molecule has 0 saturated carbocycles. The molecule has 1 fully saturated rings. The fourth-order valence-electron chi connectivity index (χ4n) is 2.25. The molecule has 1 unspecified atom stereocenters. The topological polar surface area (TPSA) is 53.6 Å². The summed E-state index contributed by atoms with van der Waals surface area (Å²) < 4.78 is 5.31. The molecule has 118 valence electrons. The van der Waals surface area contributed by atoms with Gasteiger partial charge in [0.1, 0.15) is 5.60 Å². The summed E-state index contributed by atoms with van der Waals surface area (Å²) in [5.74, 6) is 0. The maximum absolute atomic E-state index is 11.7. The smallest absolute Gasteiger partial charge is 0.410 e. The lowest BCUT2D eigenvalue weighted by atomic mass is 10.1. The van der Waals surface area contributed by atoms with E-state index in [0.29, 0.717) is 6.04 Å². The van der Waals surface area contributed by atoms with Gasteiger partial charge in [0, 0.05) is 26.2 Å². The van der Waals surface area contributed by atoms with Gasteiger partial charge in [0.15, 0.2) is 0 Å². The molecule has 2 N–H and O–H groups in total. The summed E-state index contributed by atoms with van der Waals surface area (Å²) in [7, 11) is 1.79. The average molecular weight is 285 g/mol. The minimum atomic E-state index is -0.420. The molecule has 0 aromatic rings. The minimum Gasteiger partial charge on any atom is -0.444 e. The van der Waals surface area contributed by atoms with E-state index in [0.717, 1.165) is 32.6 Å². The molecular weight excluding hydrogens is 254 g/mol. The summed E-state index contributed by atoms with van der Waals surface area (Å²) in [5.41, 5.74) is -0.420. The second-order valence-electron chi connectivity index (χ2n) is 6.61. The Bertz CT molecular complexity index is 283. The van der Waals surface area contributed by atoms with Crippen LogP contribution >= 0.6 is 0 Å². The second kappa shape index (κ2) is 8.47. The van der Waals surface area contributed by atoms with Crippen molar-refractivity contribution in [2.75, 3.05) is 33.2 Å². The van der Waals surface area contributed by atoms with Crippen LogP contribution in [0.15, 0.2) is 0 Å². The van der Waals surface area contributed by atoms with Gasteiger partial charge in [-0.25, -0.2) is 4.79 Å². The average Bonchev–Trinajstić information content (AvgIpc) is 2.37. The quantitative estimate of drug-likeness (QED) is 0.733. The first-order valence-electron chi connectivity index (χ1n) is 7.77. The lowest BCUT2D eigenvalue weighted by Gasteiger charge is -2.25. The maximum Gasteiger partial charge on any atom is 0.410 e. The van der Waals surface area contributed by atoms with Crippen molar-refractivity contribution in [1.29, 1.82) is 0 Å². The third-order valence-corrected chi connectivity index (χ3v) is 3.36. The molecule has 0 aromatic carbocycles. The van der Waals surface area contributed by atoms with Gasteiger partial charge in [-0.05, 0) is 53.1 Å². The molecule has 0 bridgehead atoms.